The lowest BCUT2D eigenvalue weighted by Gasteiger charge is -2.13. The molecule has 1 aliphatic rings. The monoisotopic (exact) mass is 481 g/mol. The maximum atomic E-state index is 13.2. The number of hydrogen-bond acceptors (Lipinski definition) is 8. The van der Waals surface area contributed by atoms with E-state index >= 15 is 0 Å². The van der Waals surface area contributed by atoms with E-state index in [1.807, 2.05) is 19.2 Å². The Kier molecular flexibility index (Phi) is 5.92. The number of halogens is 1. The van der Waals surface area contributed by atoms with Crippen LogP contribution >= 0.6 is 22.9 Å². The molecule has 0 bridgehead atoms. The first-order chi connectivity index (χ1) is 16.0. The van der Waals surface area contributed by atoms with Crippen LogP contribution in [0.15, 0.2) is 36.8 Å². The van der Waals surface area contributed by atoms with E-state index in [1.165, 1.54) is 23.7 Å². The molecule has 0 spiro atoms. The predicted molar refractivity (Wildman–Crippen MR) is 127 cm³/mol. The highest BCUT2D eigenvalue weighted by atomic mass is 35.5. The van der Waals surface area contributed by atoms with Crippen LogP contribution in [0.3, 0.4) is 0 Å². The number of rotatable bonds is 5. The third-order valence-electron chi connectivity index (χ3n) is 5.52. The summed E-state index contributed by atoms with van der Waals surface area (Å²) < 4.78 is 11.8. The van der Waals surface area contributed by atoms with Crippen LogP contribution in [-0.2, 0) is 4.74 Å². The predicted octanol–water partition coefficient (Wildman–Crippen LogP) is 4.87. The number of methoxy groups -OCH3 is 1. The average molecular weight is 482 g/mol. The van der Waals surface area contributed by atoms with Crippen molar-refractivity contribution in [2.24, 2.45) is 0 Å². The molecule has 1 saturated heterocycles. The van der Waals surface area contributed by atoms with Crippen LogP contribution < -0.4 is 10.1 Å². The summed E-state index contributed by atoms with van der Waals surface area (Å²) in [4.78, 5) is 30.6. The van der Waals surface area contributed by atoms with Crippen LogP contribution in [0.2, 0.25) is 5.15 Å². The number of carbonyl (C=O) groups is 1. The lowest BCUT2D eigenvalue weighted by atomic mass is 10.0. The number of aryl methyl sites for hydroxylation is 1. The molecule has 1 atom stereocenters. The van der Waals surface area contributed by atoms with Gasteiger partial charge in [-0.25, -0.2) is 9.97 Å². The minimum absolute atomic E-state index is 0.298. The Hall–Kier alpha value is -3.14. The molecule has 0 aliphatic carbocycles. The number of pyridine rings is 3. The van der Waals surface area contributed by atoms with Gasteiger partial charge >= 0.3 is 0 Å². The third kappa shape index (κ3) is 4.39. The van der Waals surface area contributed by atoms with E-state index in [0.717, 1.165) is 29.0 Å². The van der Waals surface area contributed by atoms with E-state index in [4.69, 9.17) is 21.1 Å². The number of aromatic nitrogens is 4. The van der Waals surface area contributed by atoms with E-state index in [2.05, 4.69) is 31.3 Å². The summed E-state index contributed by atoms with van der Waals surface area (Å²) in [6, 6.07) is 5.57. The number of nitrogens with one attached hydrogen (secondary N) is 1. The molecule has 1 aliphatic heterocycles. The summed E-state index contributed by atoms with van der Waals surface area (Å²) in [5.41, 5.74) is 4.16. The molecule has 1 amide bonds. The molecule has 0 unspecified atom stereocenters. The van der Waals surface area contributed by atoms with Crippen molar-refractivity contribution < 1.29 is 14.3 Å². The summed E-state index contributed by atoms with van der Waals surface area (Å²) in [6.07, 6.45) is 5.90. The zero-order valence-electron chi connectivity index (χ0n) is 18.0. The van der Waals surface area contributed by atoms with Crippen molar-refractivity contribution in [2.45, 2.75) is 19.3 Å². The largest absolute Gasteiger partial charge is 0.494 e. The van der Waals surface area contributed by atoms with E-state index < -0.39 is 0 Å². The highest BCUT2D eigenvalue weighted by molar-refractivity contribution is 7.22. The zero-order chi connectivity index (χ0) is 22.9. The number of amides is 1. The number of thiazole rings is 1. The zero-order valence-corrected chi connectivity index (χ0v) is 19.5. The van der Waals surface area contributed by atoms with Crippen molar-refractivity contribution >= 4 is 44.3 Å². The summed E-state index contributed by atoms with van der Waals surface area (Å²) in [5, 5.41) is 3.66. The van der Waals surface area contributed by atoms with Crippen LogP contribution in [-0.4, -0.2) is 46.2 Å². The van der Waals surface area contributed by atoms with Crippen LogP contribution in [0, 0.1) is 6.92 Å². The van der Waals surface area contributed by atoms with Gasteiger partial charge in [0.05, 0.1) is 30.2 Å². The molecular weight excluding hydrogens is 462 g/mol. The Bertz CT molecular complexity index is 1350. The van der Waals surface area contributed by atoms with Crippen molar-refractivity contribution in [2.75, 3.05) is 25.6 Å². The SMILES string of the molecule is COc1cnc(Cl)cc1-c1cc(C)ncc1C(=O)Nc1nc2ncc([C@H]3CCOC3)cc2s1. The van der Waals surface area contributed by atoms with E-state index in [-0.39, 0.29) is 5.91 Å². The molecule has 8 nitrogen and oxygen atoms in total. The lowest BCUT2D eigenvalue weighted by molar-refractivity contribution is 0.102. The number of nitrogens with zero attached hydrogens (tertiary/aromatic N) is 4. The van der Waals surface area contributed by atoms with Gasteiger partial charge in [0.25, 0.3) is 5.91 Å². The fourth-order valence-corrected chi connectivity index (χ4v) is 4.85. The maximum Gasteiger partial charge on any atom is 0.259 e. The van der Waals surface area contributed by atoms with Gasteiger partial charge in [-0.1, -0.05) is 22.9 Å². The maximum absolute atomic E-state index is 13.2. The second kappa shape index (κ2) is 9.01. The van der Waals surface area contributed by atoms with Gasteiger partial charge in [-0.3, -0.25) is 15.1 Å². The molecular formula is C23H20ClN5O3S. The number of carbonyl (C=O) groups excluding carboxylic acids is 1. The van der Waals surface area contributed by atoms with Gasteiger partial charge in [0, 0.05) is 41.7 Å². The van der Waals surface area contributed by atoms with Crippen molar-refractivity contribution in [3.8, 4) is 16.9 Å². The minimum Gasteiger partial charge on any atom is -0.494 e. The smallest absolute Gasteiger partial charge is 0.259 e. The molecule has 0 aromatic carbocycles. The Labute approximate surface area is 199 Å². The fourth-order valence-electron chi connectivity index (χ4n) is 3.83. The second-order valence-corrected chi connectivity index (χ2v) is 9.12. The standard InChI is InChI=1S/C23H20ClN5O3S/c1-12-5-15(16-7-20(24)26-10-18(16)31-2)17(9-25-12)22(30)29-23-28-21-19(33-23)6-14(8-27-21)13-3-4-32-11-13/h5-10,13H,3-4,11H2,1-2H3,(H,27,28,29,30)/t13-/m0/s1. The Morgan fingerprint density at radius 3 is 2.85 bits per heavy atom. The molecule has 1 fully saturated rings. The first kappa shape index (κ1) is 21.7. The molecule has 1 N–H and O–H groups in total. The molecule has 5 heterocycles. The van der Waals surface area contributed by atoms with Gasteiger partial charge in [0.1, 0.15) is 10.9 Å². The lowest BCUT2D eigenvalue weighted by Crippen LogP contribution is -2.14. The van der Waals surface area contributed by atoms with Crippen LogP contribution in [0.5, 0.6) is 5.75 Å². The third-order valence-corrected chi connectivity index (χ3v) is 6.63. The first-order valence-corrected chi connectivity index (χ1v) is 11.5. The molecule has 5 rings (SSSR count). The average Bonchev–Trinajstić information content (AvgIpc) is 3.48. The summed E-state index contributed by atoms with van der Waals surface area (Å²) in [5.74, 6) is 0.521. The van der Waals surface area contributed by atoms with Crippen molar-refractivity contribution in [1.82, 2.24) is 19.9 Å². The number of ether oxygens (including phenoxy) is 2. The quantitative estimate of drug-likeness (QED) is 0.406. The Morgan fingerprint density at radius 1 is 1.18 bits per heavy atom. The number of hydrogen-bond donors (Lipinski definition) is 1. The fraction of sp³-hybridized carbons (Fsp3) is 0.261. The second-order valence-electron chi connectivity index (χ2n) is 7.70. The van der Waals surface area contributed by atoms with Crippen molar-refractivity contribution in [3.63, 3.8) is 0 Å². The number of anilines is 1. The molecule has 168 valence electrons. The van der Waals surface area contributed by atoms with E-state index in [0.29, 0.717) is 50.9 Å². The molecule has 4 aromatic heterocycles. The van der Waals surface area contributed by atoms with E-state index in [9.17, 15) is 4.79 Å². The van der Waals surface area contributed by atoms with Gasteiger partial charge < -0.3 is 9.47 Å². The summed E-state index contributed by atoms with van der Waals surface area (Å²) >= 11 is 7.51. The summed E-state index contributed by atoms with van der Waals surface area (Å²) in [6.45, 7) is 3.33. The number of fused-ring (bicyclic) bond motifs is 1. The molecule has 33 heavy (non-hydrogen) atoms. The molecule has 4 aromatic rings. The highest BCUT2D eigenvalue weighted by Gasteiger charge is 2.21. The van der Waals surface area contributed by atoms with Gasteiger partial charge in [0.2, 0.25) is 0 Å². The van der Waals surface area contributed by atoms with Crippen LogP contribution in [0.4, 0.5) is 5.13 Å². The van der Waals surface area contributed by atoms with Crippen molar-refractivity contribution in [1.29, 1.82) is 0 Å². The molecule has 0 saturated carbocycles. The normalized spacial score (nSPS) is 15.7. The topological polar surface area (TPSA) is 99.1 Å². The van der Waals surface area contributed by atoms with Crippen LogP contribution in [0.25, 0.3) is 21.5 Å². The minimum atomic E-state index is -0.337. The Morgan fingerprint density at radius 2 is 2.06 bits per heavy atom. The van der Waals surface area contributed by atoms with Gasteiger partial charge in [-0.15, -0.1) is 0 Å². The van der Waals surface area contributed by atoms with E-state index in [1.54, 1.807) is 13.2 Å². The first-order valence-electron chi connectivity index (χ1n) is 10.3. The van der Waals surface area contributed by atoms with Crippen LogP contribution in [0.1, 0.15) is 34.0 Å². The highest BCUT2D eigenvalue weighted by Crippen LogP contribution is 2.35. The van der Waals surface area contributed by atoms with Gasteiger partial charge in [0.15, 0.2) is 10.8 Å². The Balaban J connectivity index is 1.47. The molecule has 0 radical (unpaired) electrons. The summed E-state index contributed by atoms with van der Waals surface area (Å²) in [7, 11) is 1.54. The van der Waals surface area contributed by atoms with Gasteiger partial charge in [-0.2, -0.15) is 4.98 Å². The molecule has 10 heteroatoms. The van der Waals surface area contributed by atoms with Gasteiger partial charge in [-0.05, 0) is 37.1 Å². The van der Waals surface area contributed by atoms with Crippen molar-refractivity contribution in [3.05, 3.63) is 58.8 Å².